The van der Waals surface area contributed by atoms with Crippen LogP contribution in [0.5, 0.6) is 0 Å². The molecule has 8 heteroatoms. The van der Waals surface area contributed by atoms with E-state index in [0.717, 1.165) is 5.39 Å². The van der Waals surface area contributed by atoms with Crippen molar-refractivity contribution in [2.24, 2.45) is 0 Å². The molecule has 0 unspecified atom stereocenters. The summed E-state index contributed by atoms with van der Waals surface area (Å²) in [7, 11) is -3.75. The molecule has 6 nitrogen and oxygen atoms in total. The molecular weight excluding hydrogens is 332 g/mol. The van der Waals surface area contributed by atoms with Crippen LogP contribution in [-0.2, 0) is 10.0 Å². The summed E-state index contributed by atoms with van der Waals surface area (Å²) in [6.45, 7) is 4.03. The van der Waals surface area contributed by atoms with Crippen LogP contribution in [0.3, 0.4) is 0 Å². The molecule has 3 rings (SSSR count). The average molecular weight is 348 g/mol. The summed E-state index contributed by atoms with van der Waals surface area (Å²) in [5.41, 5.74) is 0. The molecule has 0 fully saturated rings. The largest absolute Gasteiger partial charge is 0.264 e. The number of thioether (sulfide) groups is 1. The van der Waals surface area contributed by atoms with Crippen molar-refractivity contribution in [2.45, 2.75) is 29.1 Å². The van der Waals surface area contributed by atoms with Crippen molar-refractivity contribution in [3.63, 3.8) is 0 Å². The van der Waals surface area contributed by atoms with Gasteiger partial charge in [0.1, 0.15) is 0 Å². The fourth-order valence-electron chi connectivity index (χ4n) is 2.17. The van der Waals surface area contributed by atoms with Gasteiger partial charge in [0.25, 0.3) is 10.0 Å². The van der Waals surface area contributed by atoms with E-state index in [1.54, 1.807) is 18.2 Å². The van der Waals surface area contributed by atoms with Crippen LogP contribution < -0.4 is 4.72 Å². The highest BCUT2D eigenvalue weighted by Gasteiger charge is 2.19. The van der Waals surface area contributed by atoms with Gasteiger partial charge in [-0.2, -0.15) is 4.98 Å². The Morgan fingerprint density at radius 2 is 1.87 bits per heavy atom. The van der Waals surface area contributed by atoms with Crippen LogP contribution in [0.4, 0.5) is 5.95 Å². The quantitative estimate of drug-likeness (QED) is 0.691. The Balaban J connectivity index is 1.93. The Kier molecular flexibility index (Phi) is 4.27. The second-order valence-corrected chi connectivity index (χ2v) is 8.41. The maximum atomic E-state index is 12.6. The number of rotatable bonds is 5. The molecule has 3 aromatic rings. The summed E-state index contributed by atoms with van der Waals surface area (Å²) in [5, 5.41) is 8.96. The van der Waals surface area contributed by atoms with Crippen LogP contribution in [0.1, 0.15) is 13.8 Å². The van der Waals surface area contributed by atoms with E-state index in [9.17, 15) is 8.42 Å². The van der Waals surface area contributed by atoms with Crippen LogP contribution in [0.25, 0.3) is 10.8 Å². The number of benzene rings is 2. The summed E-state index contributed by atoms with van der Waals surface area (Å²) < 4.78 is 27.7. The van der Waals surface area contributed by atoms with Crippen molar-refractivity contribution in [1.29, 1.82) is 0 Å². The van der Waals surface area contributed by atoms with Gasteiger partial charge in [-0.3, -0.25) is 0 Å². The first-order valence-corrected chi connectivity index (χ1v) is 9.41. The van der Waals surface area contributed by atoms with Crippen LogP contribution in [-0.4, -0.2) is 28.8 Å². The van der Waals surface area contributed by atoms with E-state index in [1.165, 1.54) is 11.8 Å². The van der Waals surface area contributed by atoms with E-state index < -0.39 is 10.0 Å². The first kappa shape index (κ1) is 15.8. The number of H-pyrrole nitrogens is 1. The number of hydrogen-bond donors (Lipinski definition) is 2. The third-order valence-electron chi connectivity index (χ3n) is 3.08. The van der Waals surface area contributed by atoms with Crippen molar-refractivity contribution in [3.8, 4) is 0 Å². The molecule has 0 atom stereocenters. The van der Waals surface area contributed by atoms with Crippen molar-refractivity contribution in [1.82, 2.24) is 15.2 Å². The van der Waals surface area contributed by atoms with Crippen LogP contribution in [0.2, 0.25) is 0 Å². The molecule has 0 bridgehead atoms. The number of fused-ring (bicyclic) bond motifs is 1. The third-order valence-corrected chi connectivity index (χ3v) is 5.34. The molecular formula is C15H16N4O2S2. The van der Waals surface area contributed by atoms with Gasteiger partial charge in [-0.05, 0) is 11.5 Å². The number of aromatic amines is 1. The predicted octanol–water partition coefficient (Wildman–Crippen LogP) is 3.26. The van der Waals surface area contributed by atoms with Gasteiger partial charge in [0.05, 0.1) is 4.90 Å². The number of anilines is 1. The zero-order chi connectivity index (χ0) is 16.4. The maximum absolute atomic E-state index is 12.6. The molecule has 1 heterocycles. The van der Waals surface area contributed by atoms with Gasteiger partial charge in [0.2, 0.25) is 11.1 Å². The summed E-state index contributed by atoms with van der Waals surface area (Å²) in [5.74, 6) is 0.112. The van der Waals surface area contributed by atoms with E-state index >= 15 is 0 Å². The highest BCUT2D eigenvalue weighted by atomic mass is 32.2. The van der Waals surface area contributed by atoms with Gasteiger partial charge in [0.15, 0.2) is 0 Å². The van der Waals surface area contributed by atoms with Gasteiger partial charge in [-0.15, -0.1) is 5.10 Å². The summed E-state index contributed by atoms with van der Waals surface area (Å²) in [6.07, 6.45) is 0. The Morgan fingerprint density at radius 3 is 2.65 bits per heavy atom. The molecule has 2 N–H and O–H groups in total. The SMILES string of the molecule is CC(C)Sc1n[nH]c(NS(=O)(=O)c2cccc3ccccc23)n1. The fourth-order valence-corrected chi connectivity index (χ4v) is 4.02. The molecule has 23 heavy (non-hydrogen) atoms. The van der Waals surface area contributed by atoms with Crippen LogP contribution in [0, 0.1) is 0 Å². The van der Waals surface area contributed by atoms with Crippen LogP contribution >= 0.6 is 11.8 Å². The van der Waals surface area contributed by atoms with E-state index in [4.69, 9.17) is 0 Å². The second kappa shape index (κ2) is 6.21. The standard InChI is InChI=1S/C15H16N4O2S2/c1-10(2)22-15-16-14(17-18-15)19-23(20,21)13-9-5-7-11-6-3-4-8-12(11)13/h3-10H,1-2H3,(H2,16,17,18,19). The third kappa shape index (κ3) is 3.48. The van der Waals surface area contributed by atoms with E-state index in [2.05, 4.69) is 19.9 Å². The molecule has 0 saturated heterocycles. The van der Waals surface area contributed by atoms with Gasteiger partial charge in [-0.25, -0.2) is 18.2 Å². The molecule has 0 radical (unpaired) electrons. The molecule has 0 spiro atoms. The lowest BCUT2D eigenvalue weighted by Crippen LogP contribution is -2.14. The average Bonchev–Trinajstić information content (AvgIpc) is 2.92. The van der Waals surface area contributed by atoms with Gasteiger partial charge >= 0.3 is 0 Å². The number of nitrogens with one attached hydrogen (secondary N) is 2. The molecule has 0 aliphatic rings. The number of nitrogens with zero attached hydrogens (tertiary/aromatic N) is 2. The lowest BCUT2D eigenvalue weighted by atomic mass is 10.1. The minimum Gasteiger partial charge on any atom is -0.248 e. The Bertz CT molecular complexity index is 930. The van der Waals surface area contributed by atoms with E-state index in [-0.39, 0.29) is 10.8 Å². The maximum Gasteiger partial charge on any atom is 0.264 e. The first-order chi connectivity index (χ1) is 11.0. The normalized spacial score (nSPS) is 12.0. The topological polar surface area (TPSA) is 87.7 Å². The first-order valence-electron chi connectivity index (χ1n) is 7.05. The lowest BCUT2D eigenvalue weighted by molar-refractivity contribution is 0.601. The van der Waals surface area contributed by atoms with Gasteiger partial charge in [-0.1, -0.05) is 62.0 Å². The predicted molar refractivity (Wildman–Crippen MR) is 92.1 cm³/mol. The molecule has 0 aliphatic heterocycles. The molecule has 0 aliphatic carbocycles. The van der Waals surface area contributed by atoms with E-state index in [1.807, 2.05) is 38.1 Å². The second-order valence-electron chi connectivity index (χ2n) is 5.22. The van der Waals surface area contributed by atoms with Gasteiger partial charge in [0, 0.05) is 10.6 Å². The highest BCUT2D eigenvalue weighted by molar-refractivity contribution is 7.99. The molecule has 120 valence electrons. The zero-order valence-corrected chi connectivity index (χ0v) is 14.3. The summed E-state index contributed by atoms with van der Waals surface area (Å²) >= 11 is 1.46. The number of hydrogen-bond acceptors (Lipinski definition) is 5. The molecule has 0 saturated carbocycles. The monoisotopic (exact) mass is 348 g/mol. The smallest absolute Gasteiger partial charge is 0.248 e. The van der Waals surface area contributed by atoms with Crippen molar-refractivity contribution in [3.05, 3.63) is 42.5 Å². The van der Waals surface area contributed by atoms with E-state index in [0.29, 0.717) is 15.8 Å². The molecule has 2 aromatic carbocycles. The Hall–Kier alpha value is -2.06. The van der Waals surface area contributed by atoms with Crippen molar-refractivity contribution < 1.29 is 8.42 Å². The molecule has 0 amide bonds. The zero-order valence-electron chi connectivity index (χ0n) is 12.6. The number of aromatic nitrogens is 3. The Morgan fingerprint density at radius 1 is 1.13 bits per heavy atom. The van der Waals surface area contributed by atoms with Crippen LogP contribution in [0.15, 0.2) is 52.5 Å². The summed E-state index contributed by atoms with van der Waals surface area (Å²) in [4.78, 5) is 4.36. The Labute approximate surface area is 138 Å². The fraction of sp³-hybridized carbons (Fsp3) is 0.200. The van der Waals surface area contributed by atoms with Crippen molar-refractivity contribution in [2.75, 3.05) is 4.72 Å². The minimum atomic E-state index is -3.75. The highest BCUT2D eigenvalue weighted by Crippen LogP contribution is 2.25. The van der Waals surface area contributed by atoms with Crippen molar-refractivity contribution >= 4 is 38.5 Å². The van der Waals surface area contributed by atoms with Gasteiger partial charge < -0.3 is 0 Å². The summed E-state index contributed by atoms with van der Waals surface area (Å²) in [6, 6.07) is 12.5. The lowest BCUT2D eigenvalue weighted by Gasteiger charge is -2.08. The minimum absolute atomic E-state index is 0.112. The number of sulfonamides is 1. The molecule has 1 aromatic heterocycles.